The Kier molecular flexibility index (Phi) is 5.85. The fraction of sp³-hybridized carbons (Fsp3) is 0.312. The Morgan fingerprint density at radius 3 is 2.41 bits per heavy atom. The van der Waals surface area contributed by atoms with Crippen LogP contribution in [0.3, 0.4) is 0 Å². The molecule has 1 unspecified atom stereocenters. The molecule has 0 fully saturated rings. The molecule has 0 aliphatic heterocycles. The monoisotopic (exact) mass is 383 g/mol. The van der Waals surface area contributed by atoms with Crippen LogP contribution in [0.25, 0.3) is 0 Å². The molecule has 1 heterocycles. The molecule has 1 aromatic heterocycles. The highest BCUT2D eigenvalue weighted by molar-refractivity contribution is 9.11. The van der Waals surface area contributed by atoms with Crippen LogP contribution >= 0.6 is 27.3 Å². The number of benzene rings is 1. The molecular formula is C16H18BrNO3S. The molecule has 4 nitrogen and oxygen atoms in total. The highest BCUT2D eigenvalue weighted by Crippen LogP contribution is 2.23. The molecule has 2 rings (SSSR count). The quantitative estimate of drug-likeness (QED) is 0.757. The van der Waals surface area contributed by atoms with Gasteiger partial charge in [0.2, 0.25) is 0 Å². The van der Waals surface area contributed by atoms with Crippen molar-refractivity contribution in [3.8, 4) is 11.5 Å². The number of thiophene rings is 1. The minimum atomic E-state index is -0.540. The number of carbonyl (C=O) groups is 1. The summed E-state index contributed by atoms with van der Waals surface area (Å²) in [7, 11) is 3.39. The zero-order valence-corrected chi connectivity index (χ0v) is 15.1. The summed E-state index contributed by atoms with van der Waals surface area (Å²) in [4.78, 5) is 15.1. The van der Waals surface area contributed by atoms with Gasteiger partial charge in [0.25, 0.3) is 5.91 Å². The Morgan fingerprint density at radius 2 is 1.86 bits per heavy atom. The summed E-state index contributed by atoms with van der Waals surface area (Å²) in [6.07, 6.45) is -0.540. The summed E-state index contributed by atoms with van der Waals surface area (Å²) in [6.45, 7) is 2.33. The normalized spacial score (nSPS) is 11.8. The first-order chi connectivity index (χ1) is 10.5. The molecular weight excluding hydrogens is 366 g/mol. The lowest BCUT2D eigenvalue weighted by atomic mass is 10.3. The molecule has 1 atom stereocenters. The summed E-state index contributed by atoms with van der Waals surface area (Å²) in [5.74, 6) is 1.35. The first-order valence-electron chi connectivity index (χ1n) is 6.79. The Labute approximate surface area is 142 Å². The minimum absolute atomic E-state index is 0.0552. The van der Waals surface area contributed by atoms with Crippen LogP contribution in [0.4, 0.5) is 0 Å². The second-order valence-corrected chi connectivity index (χ2v) is 7.38. The third-order valence-corrected chi connectivity index (χ3v) is 4.73. The lowest BCUT2D eigenvalue weighted by Crippen LogP contribution is -2.37. The average Bonchev–Trinajstić information content (AvgIpc) is 2.92. The van der Waals surface area contributed by atoms with Crippen molar-refractivity contribution in [1.82, 2.24) is 4.90 Å². The van der Waals surface area contributed by atoms with Crippen LogP contribution in [0.15, 0.2) is 40.2 Å². The van der Waals surface area contributed by atoms with Gasteiger partial charge in [0.05, 0.1) is 17.4 Å². The molecule has 22 heavy (non-hydrogen) atoms. The molecule has 0 bridgehead atoms. The third-order valence-electron chi connectivity index (χ3n) is 3.12. The van der Waals surface area contributed by atoms with Gasteiger partial charge < -0.3 is 14.4 Å². The van der Waals surface area contributed by atoms with Crippen LogP contribution in [0.1, 0.15) is 11.8 Å². The maximum absolute atomic E-state index is 12.4. The molecule has 118 valence electrons. The number of amides is 1. The van der Waals surface area contributed by atoms with E-state index in [-0.39, 0.29) is 5.91 Å². The topological polar surface area (TPSA) is 38.8 Å². The second-order valence-electron chi connectivity index (χ2n) is 4.84. The number of rotatable bonds is 6. The molecule has 0 radical (unpaired) electrons. The Hall–Kier alpha value is -1.53. The van der Waals surface area contributed by atoms with Crippen LogP contribution in [-0.2, 0) is 11.3 Å². The van der Waals surface area contributed by atoms with E-state index in [4.69, 9.17) is 9.47 Å². The van der Waals surface area contributed by atoms with Crippen molar-refractivity contribution < 1.29 is 14.3 Å². The Morgan fingerprint density at radius 1 is 1.23 bits per heavy atom. The molecule has 1 amide bonds. The number of ether oxygens (including phenoxy) is 2. The average molecular weight is 384 g/mol. The second kappa shape index (κ2) is 7.65. The van der Waals surface area contributed by atoms with Crippen molar-refractivity contribution in [2.45, 2.75) is 19.6 Å². The standard InChI is InChI=1S/C16H18BrNO3S/c1-11(21-13-6-4-12(20-3)5-7-13)16(19)18(2)10-14-8-9-15(17)22-14/h4-9,11H,10H2,1-3H3. The van der Waals surface area contributed by atoms with E-state index >= 15 is 0 Å². The van der Waals surface area contributed by atoms with E-state index < -0.39 is 6.10 Å². The van der Waals surface area contributed by atoms with E-state index in [0.29, 0.717) is 12.3 Å². The molecule has 0 aliphatic carbocycles. The maximum atomic E-state index is 12.4. The zero-order chi connectivity index (χ0) is 16.1. The first-order valence-corrected chi connectivity index (χ1v) is 8.40. The van der Waals surface area contributed by atoms with Gasteiger partial charge in [-0.25, -0.2) is 0 Å². The number of hydrogen-bond acceptors (Lipinski definition) is 4. The molecule has 0 saturated heterocycles. The molecule has 0 N–H and O–H groups in total. The van der Waals surface area contributed by atoms with Gasteiger partial charge in [-0.3, -0.25) is 4.79 Å². The van der Waals surface area contributed by atoms with Crippen molar-refractivity contribution in [2.75, 3.05) is 14.2 Å². The highest BCUT2D eigenvalue weighted by atomic mass is 79.9. The van der Waals surface area contributed by atoms with Crippen molar-refractivity contribution in [3.63, 3.8) is 0 Å². The zero-order valence-electron chi connectivity index (χ0n) is 12.7. The molecule has 2 aromatic rings. The van der Waals surface area contributed by atoms with E-state index in [1.807, 2.05) is 12.1 Å². The number of likely N-dealkylation sites (N-methyl/N-ethyl adjacent to an activating group) is 1. The number of carbonyl (C=O) groups excluding carboxylic acids is 1. The van der Waals surface area contributed by atoms with Gasteiger partial charge in [0.1, 0.15) is 11.5 Å². The van der Waals surface area contributed by atoms with E-state index in [9.17, 15) is 4.79 Å². The van der Waals surface area contributed by atoms with Gasteiger partial charge in [-0.05, 0) is 59.3 Å². The van der Waals surface area contributed by atoms with Gasteiger partial charge in [-0.15, -0.1) is 11.3 Å². The van der Waals surface area contributed by atoms with Gasteiger partial charge >= 0.3 is 0 Å². The van der Waals surface area contributed by atoms with E-state index in [0.717, 1.165) is 14.4 Å². The summed E-state index contributed by atoms with van der Waals surface area (Å²) >= 11 is 5.05. The van der Waals surface area contributed by atoms with Crippen LogP contribution in [0.2, 0.25) is 0 Å². The van der Waals surface area contributed by atoms with Crippen molar-refractivity contribution in [3.05, 3.63) is 45.1 Å². The van der Waals surface area contributed by atoms with E-state index in [2.05, 4.69) is 15.9 Å². The van der Waals surface area contributed by atoms with Crippen LogP contribution in [0.5, 0.6) is 11.5 Å². The fourth-order valence-electron chi connectivity index (χ4n) is 1.97. The molecule has 0 aliphatic rings. The molecule has 1 aromatic carbocycles. The minimum Gasteiger partial charge on any atom is -0.497 e. The van der Waals surface area contributed by atoms with Gasteiger partial charge in [0.15, 0.2) is 6.10 Å². The SMILES string of the molecule is COc1ccc(OC(C)C(=O)N(C)Cc2ccc(Br)s2)cc1. The van der Waals surface area contributed by atoms with E-state index in [1.165, 1.54) is 0 Å². The van der Waals surface area contributed by atoms with Crippen molar-refractivity contribution in [2.24, 2.45) is 0 Å². The predicted molar refractivity (Wildman–Crippen MR) is 91.6 cm³/mol. The van der Waals surface area contributed by atoms with Crippen LogP contribution < -0.4 is 9.47 Å². The number of nitrogens with zero attached hydrogens (tertiary/aromatic N) is 1. The fourth-order valence-corrected chi connectivity index (χ4v) is 3.50. The number of methoxy groups -OCH3 is 1. The summed E-state index contributed by atoms with van der Waals surface area (Å²) < 4.78 is 11.8. The van der Waals surface area contributed by atoms with Gasteiger partial charge in [-0.1, -0.05) is 0 Å². The van der Waals surface area contributed by atoms with Gasteiger partial charge in [0, 0.05) is 11.9 Å². The van der Waals surface area contributed by atoms with Gasteiger partial charge in [-0.2, -0.15) is 0 Å². The number of hydrogen-bond donors (Lipinski definition) is 0. The largest absolute Gasteiger partial charge is 0.497 e. The third kappa shape index (κ3) is 4.48. The Bertz CT molecular complexity index is 627. The summed E-state index contributed by atoms with van der Waals surface area (Å²) in [6, 6.07) is 11.2. The maximum Gasteiger partial charge on any atom is 0.263 e. The summed E-state index contributed by atoms with van der Waals surface area (Å²) in [5, 5.41) is 0. The molecule has 0 saturated carbocycles. The Balaban J connectivity index is 1.92. The van der Waals surface area contributed by atoms with Crippen molar-refractivity contribution >= 4 is 33.2 Å². The number of halogens is 1. The van der Waals surface area contributed by atoms with Crippen molar-refractivity contribution in [1.29, 1.82) is 0 Å². The highest BCUT2D eigenvalue weighted by Gasteiger charge is 2.19. The van der Waals surface area contributed by atoms with Crippen LogP contribution in [0, 0.1) is 0 Å². The summed E-state index contributed by atoms with van der Waals surface area (Å²) in [5.41, 5.74) is 0. The van der Waals surface area contributed by atoms with E-state index in [1.54, 1.807) is 61.6 Å². The predicted octanol–water partition coefficient (Wildman–Crippen LogP) is 3.95. The molecule has 6 heteroatoms. The first kappa shape index (κ1) is 16.8. The lowest BCUT2D eigenvalue weighted by Gasteiger charge is -2.21. The molecule has 0 spiro atoms. The lowest BCUT2D eigenvalue weighted by molar-refractivity contribution is -0.137. The van der Waals surface area contributed by atoms with Crippen LogP contribution in [-0.4, -0.2) is 31.1 Å². The smallest absolute Gasteiger partial charge is 0.263 e.